The van der Waals surface area contributed by atoms with Crippen LogP contribution >= 0.6 is 45.2 Å². The molecule has 0 saturated heterocycles. The molecule has 0 aliphatic rings. The van der Waals surface area contributed by atoms with Crippen molar-refractivity contribution < 1.29 is 4.74 Å². The van der Waals surface area contributed by atoms with Gasteiger partial charge in [-0.3, -0.25) is 0 Å². The average molecular weight is 490 g/mol. The van der Waals surface area contributed by atoms with Crippen LogP contribution in [-0.4, -0.2) is 7.11 Å². The number of benzene rings is 2. The molecule has 0 aliphatic carbocycles. The van der Waals surface area contributed by atoms with Crippen LogP contribution in [0, 0.1) is 7.14 Å². The minimum Gasteiger partial charge on any atom is -0.496 e. The molecular formula is C17H16I2O. The van der Waals surface area contributed by atoms with Gasteiger partial charge < -0.3 is 4.74 Å². The molecule has 0 unspecified atom stereocenters. The largest absolute Gasteiger partial charge is 0.496 e. The summed E-state index contributed by atoms with van der Waals surface area (Å²) in [5.74, 6) is 0.930. The first-order valence-electron chi connectivity index (χ1n) is 6.44. The van der Waals surface area contributed by atoms with Crippen LogP contribution in [0.2, 0.25) is 0 Å². The third kappa shape index (κ3) is 3.75. The summed E-state index contributed by atoms with van der Waals surface area (Å²) in [6.07, 6.45) is 5.39. The molecule has 0 radical (unpaired) electrons. The van der Waals surface area contributed by atoms with Crippen molar-refractivity contribution in [2.45, 2.75) is 13.3 Å². The van der Waals surface area contributed by atoms with Gasteiger partial charge in [0.15, 0.2) is 0 Å². The molecule has 0 amide bonds. The Morgan fingerprint density at radius 3 is 2.25 bits per heavy atom. The van der Waals surface area contributed by atoms with Gasteiger partial charge in [-0.2, -0.15) is 0 Å². The second-order valence-corrected chi connectivity index (χ2v) is 6.57. The van der Waals surface area contributed by atoms with E-state index >= 15 is 0 Å². The highest BCUT2D eigenvalue weighted by Gasteiger charge is 2.07. The second kappa shape index (κ2) is 7.45. The van der Waals surface area contributed by atoms with Gasteiger partial charge in [0.2, 0.25) is 0 Å². The monoisotopic (exact) mass is 490 g/mol. The van der Waals surface area contributed by atoms with E-state index in [4.69, 9.17) is 4.74 Å². The Bertz CT molecular complexity index is 616. The summed E-state index contributed by atoms with van der Waals surface area (Å²) in [6.45, 7) is 2.17. The quantitative estimate of drug-likeness (QED) is 0.399. The Hall–Kier alpha value is -0.560. The molecule has 104 valence electrons. The van der Waals surface area contributed by atoms with Crippen molar-refractivity contribution in [3.05, 3.63) is 60.2 Å². The molecule has 0 heterocycles. The maximum Gasteiger partial charge on any atom is 0.133 e. The summed E-state index contributed by atoms with van der Waals surface area (Å²) in [7, 11) is 1.71. The first kappa shape index (κ1) is 15.8. The van der Waals surface area contributed by atoms with E-state index in [1.54, 1.807) is 7.11 Å². The van der Waals surface area contributed by atoms with Crippen molar-refractivity contribution in [2.75, 3.05) is 7.11 Å². The topological polar surface area (TPSA) is 9.23 Å². The predicted octanol–water partition coefficient (Wildman–Crippen LogP) is 5.64. The molecule has 1 nitrogen and oxygen atoms in total. The molecule has 0 spiro atoms. The maximum absolute atomic E-state index is 5.33. The molecule has 0 N–H and O–H groups in total. The molecule has 0 atom stereocenters. The highest BCUT2D eigenvalue weighted by atomic mass is 127. The van der Waals surface area contributed by atoms with Crippen molar-refractivity contribution in [1.82, 2.24) is 0 Å². The lowest BCUT2D eigenvalue weighted by molar-refractivity contribution is 0.411. The predicted molar refractivity (Wildman–Crippen MR) is 103 cm³/mol. The van der Waals surface area contributed by atoms with E-state index in [1.807, 2.05) is 6.07 Å². The van der Waals surface area contributed by atoms with Crippen LogP contribution in [0.5, 0.6) is 5.75 Å². The van der Waals surface area contributed by atoms with E-state index in [-0.39, 0.29) is 0 Å². The van der Waals surface area contributed by atoms with Crippen LogP contribution in [0.1, 0.15) is 23.6 Å². The lowest BCUT2D eigenvalue weighted by Crippen LogP contribution is -1.92. The fraction of sp³-hybridized carbons (Fsp3) is 0.176. The van der Waals surface area contributed by atoms with Crippen molar-refractivity contribution in [1.29, 1.82) is 0 Å². The number of rotatable bonds is 4. The summed E-state index contributed by atoms with van der Waals surface area (Å²) in [5, 5.41) is 0. The highest BCUT2D eigenvalue weighted by molar-refractivity contribution is 14.1. The van der Waals surface area contributed by atoms with Crippen molar-refractivity contribution >= 4 is 57.3 Å². The van der Waals surface area contributed by atoms with E-state index in [0.717, 1.165) is 15.7 Å². The van der Waals surface area contributed by atoms with Gasteiger partial charge >= 0.3 is 0 Å². The van der Waals surface area contributed by atoms with Gasteiger partial charge in [0, 0.05) is 3.57 Å². The number of ether oxygens (including phenoxy) is 1. The standard InChI is InChI=1S/C17H16I2O/c1-3-12-4-6-13(7-5-12)8-9-14-10-11-15(20-2)17(19)16(14)18/h4-11H,3H2,1-2H3/b9-8+. The molecule has 2 rings (SSSR count). The Labute approximate surface area is 147 Å². The van der Waals surface area contributed by atoms with E-state index in [1.165, 1.54) is 20.3 Å². The van der Waals surface area contributed by atoms with E-state index in [0.29, 0.717) is 0 Å². The number of hydrogen-bond donors (Lipinski definition) is 0. The second-order valence-electron chi connectivity index (χ2n) is 4.41. The average Bonchev–Trinajstić information content (AvgIpc) is 2.49. The molecule has 0 saturated carbocycles. The maximum atomic E-state index is 5.33. The van der Waals surface area contributed by atoms with Crippen molar-refractivity contribution in [2.24, 2.45) is 0 Å². The lowest BCUT2D eigenvalue weighted by Gasteiger charge is -2.07. The van der Waals surface area contributed by atoms with Crippen LogP contribution in [-0.2, 0) is 6.42 Å². The number of methoxy groups -OCH3 is 1. The van der Waals surface area contributed by atoms with Gasteiger partial charge in [0.05, 0.1) is 10.7 Å². The van der Waals surface area contributed by atoms with Crippen LogP contribution in [0.4, 0.5) is 0 Å². The first-order chi connectivity index (χ1) is 9.65. The highest BCUT2D eigenvalue weighted by Crippen LogP contribution is 2.29. The van der Waals surface area contributed by atoms with Gasteiger partial charge in [-0.05, 0) is 74.4 Å². The van der Waals surface area contributed by atoms with Gasteiger partial charge in [0.25, 0.3) is 0 Å². The van der Waals surface area contributed by atoms with Gasteiger partial charge in [0.1, 0.15) is 5.75 Å². The molecule has 0 bridgehead atoms. The van der Waals surface area contributed by atoms with Crippen LogP contribution in [0.25, 0.3) is 12.2 Å². The first-order valence-corrected chi connectivity index (χ1v) is 8.60. The smallest absolute Gasteiger partial charge is 0.133 e. The van der Waals surface area contributed by atoms with Crippen LogP contribution in [0.3, 0.4) is 0 Å². The molecule has 2 aromatic carbocycles. The molecule has 3 heteroatoms. The fourth-order valence-electron chi connectivity index (χ4n) is 1.88. The summed E-state index contributed by atoms with van der Waals surface area (Å²) in [5.41, 5.74) is 3.81. The minimum absolute atomic E-state index is 0.930. The van der Waals surface area contributed by atoms with Crippen LogP contribution < -0.4 is 4.74 Å². The zero-order valence-electron chi connectivity index (χ0n) is 11.5. The number of hydrogen-bond acceptors (Lipinski definition) is 1. The van der Waals surface area contributed by atoms with E-state index in [2.05, 4.69) is 94.6 Å². The minimum atomic E-state index is 0.930. The summed E-state index contributed by atoms with van der Waals surface area (Å²) in [6, 6.07) is 12.8. The molecule has 0 aliphatic heterocycles. The molecular weight excluding hydrogens is 474 g/mol. The normalized spacial score (nSPS) is 11.0. The lowest BCUT2D eigenvalue weighted by atomic mass is 10.1. The van der Waals surface area contributed by atoms with E-state index < -0.39 is 0 Å². The van der Waals surface area contributed by atoms with E-state index in [9.17, 15) is 0 Å². The molecule has 0 aromatic heterocycles. The third-order valence-electron chi connectivity index (χ3n) is 3.14. The Morgan fingerprint density at radius 2 is 1.65 bits per heavy atom. The van der Waals surface area contributed by atoms with Gasteiger partial charge in [-0.15, -0.1) is 0 Å². The van der Waals surface area contributed by atoms with Gasteiger partial charge in [-0.25, -0.2) is 0 Å². The SMILES string of the molecule is CCc1ccc(/C=C/c2ccc(OC)c(I)c2I)cc1. The third-order valence-corrected chi connectivity index (χ3v) is 6.41. The van der Waals surface area contributed by atoms with Gasteiger partial charge in [-0.1, -0.05) is 49.4 Å². The zero-order valence-corrected chi connectivity index (χ0v) is 15.8. The van der Waals surface area contributed by atoms with Crippen LogP contribution in [0.15, 0.2) is 36.4 Å². The summed E-state index contributed by atoms with van der Waals surface area (Å²) in [4.78, 5) is 0. The van der Waals surface area contributed by atoms with Crippen molar-refractivity contribution in [3.63, 3.8) is 0 Å². The fourth-order valence-corrected chi connectivity index (χ4v) is 3.22. The molecule has 20 heavy (non-hydrogen) atoms. The zero-order chi connectivity index (χ0) is 14.5. The molecule has 0 fully saturated rings. The molecule has 2 aromatic rings. The number of aryl methyl sites for hydroxylation is 1. The summed E-state index contributed by atoms with van der Waals surface area (Å²) < 4.78 is 7.72. The Balaban J connectivity index is 2.24. The summed E-state index contributed by atoms with van der Waals surface area (Å²) >= 11 is 4.70. The Kier molecular flexibility index (Phi) is 5.89. The number of halogens is 2. The van der Waals surface area contributed by atoms with Crippen molar-refractivity contribution in [3.8, 4) is 5.75 Å². The Morgan fingerprint density at radius 1 is 0.950 bits per heavy atom.